The van der Waals surface area contributed by atoms with E-state index in [1.807, 2.05) is 18.3 Å². The van der Waals surface area contributed by atoms with Crippen LogP contribution in [-0.2, 0) is 11.2 Å². The third-order valence-electron chi connectivity index (χ3n) is 5.39. The molecule has 7 nitrogen and oxygen atoms in total. The van der Waals surface area contributed by atoms with Crippen LogP contribution in [0, 0.1) is 0 Å². The zero-order chi connectivity index (χ0) is 19.6. The second-order valence-corrected chi connectivity index (χ2v) is 7.10. The van der Waals surface area contributed by atoms with E-state index in [-0.39, 0.29) is 0 Å². The van der Waals surface area contributed by atoms with Crippen LogP contribution in [0.4, 0.5) is 0 Å². The molecule has 1 aliphatic rings. The van der Waals surface area contributed by atoms with E-state index >= 15 is 0 Å². The van der Waals surface area contributed by atoms with Gasteiger partial charge in [-0.2, -0.15) is 0 Å². The zero-order valence-corrected chi connectivity index (χ0v) is 16.1. The van der Waals surface area contributed by atoms with Crippen LogP contribution in [0.2, 0.25) is 0 Å². The first-order valence-corrected chi connectivity index (χ1v) is 9.63. The number of fused-ring (bicyclic) bond motifs is 1. The summed E-state index contributed by atoms with van der Waals surface area (Å²) in [4.78, 5) is 5.65. The lowest BCUT2D eigenvalue weighted by Crippen LogP contribution is -2.58. The smallest absolute Gasteiger partial charge is 0.229 e. The Morgan fingerprint density at radius 1 is 1.11 bits per heavy atom. The van der Waals surface area contributed by atoms with E-state index < -0.39 is 30.7 Å². The van der Waals surface area contributed by atoms with Gasteiger partial charge in [0.25, 0.3) is 0 Å². The minimum Gasteiger partial charge on any atom is -0.462 e. The van der Waals surface area contributed by atoms with E-state index in [2.05, 4.69) is 23.7 Å². The molecule has 3 rings (SSSR count). The Morgan fingerprint density at radius 2 is 1.85 bits per heavy atom. The summed E-state index contributed by atoms with van der Waals surface area (Å²) < 4.78 is 11.3. The molecule has 1 aliphatic heterocycles. The number of nitrogens with zero attached hydrogens (tertiary/aromatic N) is 1. The fraction of sp³-hybridized carbons (Fsp3) is 0.600. The number of H-pyrrole nitrogens is 1. The van der Waals surface area contributed by atoms with Gasteiger partial charge >= 0.3 is 0 Å². The summed E-state index contributed by atoms with van der Waals surface area (Å²) in [6, 6.07) is 5.64. The average Bonchev–Trinajstić information content (AvgIpc) is 3.07. The number of benzene rings is 1. The maximum atomic E-state index is 10.1. The van der Waals surface area contributed by atoms with Crippen LogP contribution in [0.5, 0.6) is 5.75 Å². The van der Waals surface area contributed by atoms with Gasteiger partial charge in [0.15, 0.2) is 0 Å². The van der Waals surface area contributed by atoms with E-state index in [0.29, 0.717) is 5.75 Å². The van der Waals surface area contributed by atoms with Crippen molar-refractivity contribution in [2.75, 3.05) is 19.6 Å². The van der Waals surface area contributed by atoms with Crippen LogP contribution in [0.1, 0.15) is 26.3 Å². The number of likely N-dealkylation sites (N-methyl/N-ethyl adjacent to an activating group) is 1. The van der Waals surface area contributed by atoms with E-state index in [9.17, 15) is 15.3 Å². The Bertz CT molecular complexity index is 745. The number of rotatable bonds is 7. The molecule has 7 heteroatoms. The fourth-order valence-corrected chi connectivity index (χ4v) is 3.50. The Hall–Kier alpha value is -1.64. The monoisotopic (exact) mass is 378 g/mol. The Morgan fingerprint density at radius 3 is 2.56 bits per heavy atom. The second-order valence-electron chi connectivity index (χ2n) is 7.10. The molecule has 0 aliphatic carbocycles. The highest BCUT2D eigenvalue weighted by atomic mass is 16.7. The van der Waals surface area contributed by atoms with E-state index in [1.165, 1.54) is 5.56 Å². The first-order valence-electron chi connectivity index (χ1n) is 9.63. The van der Waals surface area contributed by atoms with Gasteiger partial charge in [0.1, 0.15) is 24.1 Å². The highest BCUT2D eigenvalue weighted by Gasteiger charge is 2.43. The van der Waals surface area contributed by atoms with E-state index in [0.717, 1.165) is 37.0 Å². The van der Waals surface area contributed by atoms with Crippen LogP contribution in [-0.4, -0.2) is 75.5 Å². The SMILES string of the molecule is CCN(CC)CCc1c[nH]c2ccc(OC3OC(C)C(O)C(O)C3O)cc12. The molecule has 1 aromatic heterocycles. The Balaban J connectivity index is 1.75. The lowest BCUT2D eigenvalue weighted by atomic mass is 10.00. The molecule has 150 valence electrons. The van der Waals surface area contributed by atoms with Crippen molar-refractivity contribution >= 4 is 10.9 Å². The van der Waals surface area contributed by atoms with Crippen molar-refractivity contribution in [1.29, 1.82) is 0 Å². The molecular weight excluding hydrogens is 348 g/mol. The van der Waals surface area contributed by atoms with Crippen molar-refractivity contribution in [3.63, 3.8) is 0 Å². The van der Waals surface area contributed by atoms with Gasteiger partial charge in [0, 0.05) is 23.6 Å². The quantitative estimate of drug-likeness (QED) is 0.579. The van der Waals surface area contributed by atoms with Crippen LogP contribution in [0.15, 0.2) is 24.4 Å². The second kappa shape index (κ2) is 8.58. The first kappa shape index (κ1) is 20.1. The van der Waals surface area contributed by atoms with Gasteiger partial charge in [-0.15, -0.1) is 0 Å². The molecule has 5 unspecified atom stereocenters. The molecule has 4 N–H and O–H groups in total. The topological polar surface area (TPSA) is 98.2 Å². The number of aliphatic hydroxyl groups is 3. The van der Waals surface area contributed by atoms with Crippen molar-refractivity contribution in [1.82, 2.24) is 9.88 Å². The number of ether oxygens (including phenoxy) is 2. The van der Waals surface area contributed by atoms with Crippen molar-refractivity contribution in [2.24, 2.45) is 0 Å². The van der Waals surface area contributed by atoms with Crippen molar-refractivity contribution in [2.45, 2.75) is 57.9 Å². The third-order valence-corrected chi connectivity index (χ3v) is 5.39. The molecule has 27 heavy (non-hydrogen) atoms. The molecule has 2 heterocycles. The maximum absolute atomic E-state index is 10.1. The standard InChI is InChI=1S/C20H30N2O5/c1-4-22(5-2)9-8-13-11-21-16-7-6-14(10-15(13)16)27-20-19(25)18(24)17(23)12(3)26-20/h6-7,10-12,17-21,23-25H,4-5,8-9H2,1-3H3. The fourth-order valence-electron chi connectivity index (χ4n) is 3.50. The number of hydrogen-bond donors (Lipinski definition) is 4. The average molecular weight is 378 g/mol. The number of aliphatic hydroxyl groups excluding tert-OH is 3. The molecule has 5 atom stereocenters. The predicted molar refractivity (Wildman–Crippen MR) is 103 cm³/mol. The van der Waals surface area contributed by atoms with Gasteiger partial charge in [0.2, 0.25) is 6.29 Å². The molecule has 0 bridgehead atoms. The lowest BCUT2D eigenvalue weighted by molar-refractivity contribution is -0.268. The third kappa shape index (κ3) is 4.28. The molecular formula is C20H30N2O5. The van der Waals surface area contributed by atoms with Crippen molar-refractivity contribution in [3.05, 3.63) is 30.0 Å². The molecule has 1 fully saturated rings. The summed E-state index contributed by atoms with van der Waals surface area (Å²) in [7, 11) is 0. The van der Waals surface area contributed by atoms with Crippen LogP contribution in [0.3, 0.4) is 0 Å². The first-order chi connectivity index (χ1) is 12.9. The summed E-state index contributed by atoms with van der Waals surface area (Å²) in [5, 5.41) is 31.0. The van der Waals surface area contributed by atoms with Crippen molar-refractivity contribution < 1.29 is 24.8 Å². The minimum absolute atomic E-state index is 0.547. The van der Waals surface area contributed by atoms with Gasteiger partial charge in [0.05, 0.1) is 6.10 Å². The Kier molecular flexibility index (Phi) is 6.39. The molecule has 1 aromatic carbocycles. The van der Waals surface area contributed by atoms with Crippen LogP contribution < -0.4 is 4.74 Å². The summed E-state index contributed by atoms with van der Waals surface area (Å²) in [6.07, 6.45) is -2.48. The minimum atomic E-state index is -1.32. The molecule has 2 aromatic rings. The number of hydrogen-bond acceptors (Lipinski definition) is 6. The zero-order valence-electron chi connectivity index (χ0n) is 16.1. The molecule has 0 saturated carbocycles. The highest BCUT2D eigenvalue weighted by molar-refractivity contribution is 5.84. The van der Waals surface area contributed by atoms with Crippen LogP contribution >= 0.6 is 0 Å². The van der Waals surface area contributed by atoms with E-state index in [1.54, 1.807) is 13.0 Å². The van der Waals surface area contributed by atoms with Gasteiger partial charge in [-0.3, -0.25) is 0 Å². The number of aromatic nitrogens is 1. The largest absolute Gasteiger partial charge is 0.462 e. The number of aromatic amines is 1. The molecule has 0 spiro atoms. The summed E-state index contributed by atoms with van der Waals surface area (Å²) in [6.45, 7) is 8.99. The van der Waals surface area contributed by atoms with E-state index in [4.69, 9.17) is 9.47 Å². The van der Waals surface area contributed by atoms with Crippen molar-refractivity contribution in [3.8, 4) is 5.75 Å². The highest BCUT2D eigenvalue weighted by Crippen LogP contribution is 2.28. The van der Waals surface area contributed by atoms with Crippen LogP contribution in [0.25, 0.3) is 10.9 Å². The number of nitrogens with one attached hydrogen (secondary N) is 1. The summed E-state index contributed by atoms with van der Waals surface area (Å²) in [5.41, 5.74) is 2.22. The molecule has 0 amide bonds. The predicted octanol–water partition coefficient (Wildman–Crippen LogP) is 1.26. The molecule has 1 saturated heterocycles. The van der Waals surface area contributed by atoms with Gasteiger partial charge in [-0.25, -0.2) is 0 Å². The molecule has 0 radical (unpaired) electrons. The normalized spacial score (nSPS) is 28.8. The lowest BCUT2D eigenvalue weighted by Gasteiger charge is -2.38. The van der Waals surface area contributed by atoms with Gasteiger partial charge in [-0.1, -0.05) is 13.8 Å². The summed E-state index contributed by atoms with van der Waals surface area (Å²) >= 11 is 0. The Labute approximate surface area is 159 Å². The van der Waals surface area contributed by atoms with Gasteiger partial charge in [-0.05, 0) is 50.2 Å². The summed E-state index contributed by atoms with van der Waals surface area (Å²) in [5.74, 6) is 0.547. The van der Waals surface area contributed by atoms with Gasteiger partial charge < -0.3 is 34.7 Å². The maximum Gasteiger partial charge on any atom is 0.229 e.